The van der Waals surface area contributed by atoms with Crippen LogP contribution in [0.15, 0.2) is 10.7 Å². The van der Waals surface area contributed by atoms with E-state index in [0.717, 1.165) is 12.8 Å². The quantitative estimate of drug-likeness (QED) is 0.780. The topological polar surface area (TPSA) is 99.9 Å². The Morgan fingerprint density at radius 2 is 2.09 bits per heavy atom. The van der Waals surface area contributed by atoms with Crippen LogP contribution in [0.25, 0.3) is 0 Å². The third kappa shape index (κ3) is 4.39. The van der Waals surface area contributed by atoms with E-state index >= 15 is 0 Å². The molecule has 8 heteroatoms. The van der Waals surface area contributed by atoms with Crippen molar-refractivity contribution in [2.75, 3.05) is 0 Å². The molecule has 0 spiro atoms. The number of nitrogens with zero attached hydrogens (tertiary/aromatic N) is 3. The Morgan fingerprint density at radius 3 is 2.65 bits per heavy atom. The fourth-order valence-electron chi connectivity index (χ4n) is 2.52. The number of ether oxygens (including phenoxy) is 1. The molecule has 1 aromatic rings. The minimum absolute atomic E-state index is 0.0614. The number of aromatic nitrogens is 2. The smallest absolute Gasteiger partial charge is 0.422 e. The van der Waals surface area contributed by atoms with Crippen molar-refractivity contribution in [3.05, 3.63) is 22.2 Å². The molecular weight excluding hydrogens is 362 g/mol. The molecule has 23 heavy (non-hydrogen) atoms. The molecule has 0 aliphatic heterocycles. The number of halogens is 1. The second kappa shape index (κ2) is 6.81. The van der Waals surface area contributed by atoms with Gasteiger partial charge in [-0.3, -0.25) is 5.43 Å². The van der Waals surface area contributed by atoms with E-state index in [0.29, 0.717) is 23.0 Å². The Labute approximate surface area is 143 Å². The molecular formula is C15H20BrN5O2. The Morgan fingerprint density at radius 1 is 1.43 bits per heavy atom. The van der Waals surface area contributed by atoms with Gasteiger partial charge in [0.15, 0.2) is 5.60 Å². The molecule has 0 atom stereocenters. The van der Waals surface area contributed by atoms with Gasteiger partial charge in [-0.25, -0.2) is 20.2 Å². The number of carbonyl (C=O) groups is 1. The van der Waals surface area contributed by atoms with E-state index in [1.165, 1.54) is 6.20 Å². The number of carbonyl (C=O) groups excluding carboxylic acids is 1. The van der Waals surface area contributed by atoms with Crippen molar-refractivity contribution in [1.29, 1.82) is 5.26 Å². The van der Waals surface area contributed by atoms with Gasteiger partial charge in [-0.1, -0.05) is 0 Å². The average molecular weight is 382 g/mol. The van der Waals surface area contributed by atoms with Crippen LogP contribution in [0.3, 0.4) is 0 Å². The maximum Gasteiger partial charge on any atom is 0.422 e. The van der Waals surface area contributed by atoms with Crippen LogP contribution in [0.1, 0.15) is 58.0 Å². The van der Waals surface area contributed by atoms with Gasteiger partial charge in [0.1, 0.15) is 11.8 Å². The highest BCUT2D eigenvalue weighted by Gasteiger charge is 2.43. The zero-order chi connectivity index (χ0) is 17.1. The highest BCUT2D eigenvalue weighted by Crippen LogP contribution is 2.43. The molecule has 0 bridgehead atoms. The van der Waals surface area contributed by atoms with Gasteiger partial charge in [-0.05, 0) is 62.4 Å². The summed E-state index contributed by atoms with van der Waals surface area (Å²) in [7, 11) is 0. The molecule has 0 radical (unpaired) electrons. The van der Waals surface area contributed by atoms with Gasteiger partial charge in [0.2, 0.25) is 5.82 Å². The molecule has 1 aliphatic carbocycles. The van der Waals surface area contributed by atoms with Gasteiger partial charge in [0.05, 0.1) is 4.47 Å². The largest absolute Gasteiger partial charge is 0.435 e. The number of nitriles is 1. The summed E-state index contributed by atoms with van der Waals surface area (Å²) in [6.45, 7) is 5.79. The summed E-state index contributed by atoms with van der Waals surface area (Å²) >= 11 is 3.40. The van der Waals surface area contributed by atoms with E-state index in [9.17, 15) is 4.79 Å². The zero-order valence-electron chi connectivity index (χ0n) is 13.4. The van der Waals surface area contributed by atoms with Crippen molar-refractivity contribution in [3.63, 3.8) is 0 Å². The minimum atomic E-state index is -0.836. The number of nitrogens with one attached hydrogen (secondary N) is 2. The van der Waals surface area contributed by atoms with Crippen molar-refractivity contribution in [3.8, 4) is 6.07 Å². The summed E-state index contributed by atoms with van der Waals surface area (Å²) < 4.78 is 6.35. The molecule has 0 aromatic carbocycles. The van der Waals surface area contributed by atoms with E-state index < -0.39 is 11.7 Å². The lowest BCUT2D eigenvalue weighted by atomic mass is 9.97. The van der Waals surface area contributed by atoms with Crippen LogP contribution in [0.5, 0.6) is 0 Å². The van der Waals surface area contributed by atoms with Gasteiger partial charge < -0.3 is 4.74 Å². The lowest BCUT2D eigenvalue weighted by molar-refractivity contribution is 0.00472. The zero-order valence-corrected chi connectivity index (χ0v) is 15.0. The summed E-state index contributed by atoms with van der Waals surface area (Å²) in [5, 5.41) is 9.01. The molecule has 1 fully saturated rings. The summed E-state index contributed by atoms with van der Waals surface area (Å²) in [6, 6.07) is 1.92. The van der Waals surface area contributed by atoms with E-state index in [4.69, 9.17) is 10.00 Å². The molecule has 1 aliphatic rings. The van der Waals surface area contributed by atoms with Gasteiger partial charge in [0.25, 0.3) is 0 Å². The number of hydrogen-bond acceptors (Lipinski definition) is 6. The van der Waals surface area contributed by atoms with E-state index in [2.05, 4.69) is 36.7 Å². The normalized spacial score (nSPS) is 16.7. The first-order valence-electron chi connectivity index (χ1n) is 7.45. The second-order valence-electron chi connectivity index (χ2n) is 6.59. The van der Waals surface area contributed by atoms with Crippen LogP contribution < -0.4 is 10.9 Å². The molecule has 0 saturated heterocycles. The van der Waals surface area contributed by atoms with Crippen LogP contribution >= 0.6 is 15.9 Å². The molecule has 7 nitrogen and oxygen atoms in total. The van der Waals surface area contributed by atoms with E-state index in [-0.39, 0.29) is 11.4 Å². The van der Waals surface area contributed by atoms with Crippen LogP contribution in [0.2, 0.25) is 0 Å². The first-order chi connectivity index (χ1) is 10.8. The highest BCUT2D eigenvalue weighted by atomic mass is 79.9. The standard InChI is InChI=1S/C15H20BrN5O2/c1-14(2,3)21-20-13(22)23-15(6-4-5-7-15)12-10(16)9-18-11(8-17)19-12/h9,21H,4-7H2,1-3H3,(H,20,22). The van der Waals surface area contributed by atoms with Crippen molar-refractivity contribution in [2.45, 2.75) is 57.6 Å². The maximum absolute atomic E-state index is 12.2. The molecule has 1 heterocycles. The monoisotopic (exact) mass is 381 g/mol. The minimum Gasteiger partial charge on any atom is -0.435 e. The fraction of sp³-hybridized carbons (Fsp3) is 0.600. The first-order valence-corrected chi connectivity index (χ1v) is 8.24. The summed E-state index contributed by atoms with van der Waals surface area (Å²) in [5.74, 6) is 0.0614. The molecule has 2 rings (SSSR count). The average Bonchev–Trinajstić information content (AvgIpc) is 2.94. The van der Waals surface area contributed by atoms with Crippen LogP contribution in [0.4, 0.5) is 4.79 Å². The van der Waals surface area contributed by atoms with E-state index in [1.807, 2.05) is 26.8 Å². The SMILES string of the molecule is CC(C)(C)NNC(=O)OC1(c2nc(C#N)ncc2Br)CCCC1. The van der Waals surface area contributed by atoms with E-state index in [1.54, 1.807) is 0 Å². The van der Waals surface area contributed by atoms with Crippen LogP contribution in [-0.4, -0.2) is 21.6 Å². The maximum atomic E-state index is 12.2. The molecule has 124 valence electrons. The van der Waals surface area contributed by atoms with Crippen molar-refractivity contribution >= 4 is 22.0 Å². The summed E-state index contributed by atoms with van der Waals surface area (Å²) in [6.07, 6.45) is 4.14. The molecule has 1 saturated carbocycles. The molecule has 1 amide bonds. The van der Waals surface area contributed by atoms with Crippen LogP contribution in [0, 0.1) is 11.3 Å². The van der Waals surface area contributed by atoms with Gasteiger partial charge in [0, 0.05) is 11.7 Å². The fourth-order valence-corrected chi connectivity index (χ4v) is 3.07. The van der Waals surface area contributed by atoms with Gasteiger partial charge in [-0.15, -0.1) is 0 Å². The van der Waals surface area contributed by atoms with Gasteiger partial charge in [-0.2, -0.15) is 5.26 Å². The summed E-state index contributed by atoms with van der Waals surface area (Å²) in [4.78, 5) is 20.4. The Bertz CT molecular complexity index is 630. The molecule has 2 N–H and O–H groups in total. The molecule has 1 aromatic heterocycles. The van der Waals surface area contributed by atoms with Crippen LogP contribution in [-0.2, 0) is 10.3 Å². The highest BCUT2D eigenvalue weighted by molar-refractivity contribution is 9.10. The lowest BCUT2D eigenvalue weighted by Crippen LogP contribution is -2.50. The number of hydrazine groups is 1. The number of rotatable bonds is 3. The predicted molar refractivity (Wildman–Crippen MR) is 87.1 cm³/mol. The second-order valence-corrected chi connectivity index (χ2v) is 7.45. The first kappa shape index (κ1) is 17.6. The third-order valence-corrected chi connectivity index (χ3v) is 4.09. The lowest BCUT2D eigenvalue weighted by Gasteiger charge is -2.30. The van der Waals surface area contributed by atoms with Crippen molar-refractivity contribution in [2.24, 2.45) is 0 Å². The Kier molecular flexibility index (Phi) is 5.22. The van der Waals surface area contributed by atoms with Gasteiger partial charge >= 0.3 is 6.09 Å². The molecule has 0 unspecified atom stereocenters. The predicted octanol–water partition coefficient (Wildman–Crippen LogP) is 2.91. The summed E-state index contributed by atoms with van der Waals surface area (Å²) in [5.41, 5.74) is 4.88. The Hall–Kier alpha value is -1.72. The number of amides is 1. The van der Waals surface area contributed by atoms with Crippen molar-refractivity contribution in [1.82, 2.24) is 20.8 Å². The van der Waals surface area contributed by atoms with Crippen molar-refractivity contribution < 1.29 is 9.53 Å². The Balaban J connectivity index is 2.23. The number of hydrogen-bond donors (Lipinski definition) is 2. The third-order valence-electron chi connectivity index (χ3n) is 3.51.